The summed E-state index contributed by atoms with van der Waals surface area (Å²) >= 11 is 0. The Morgan fingerprint density at radius 2 is 0.940 bits per heavy atom. The van der Waals surface area contributed by atoms with Crippen molar-refractivity contribution in [1.82, 2.24) is 18.9 Å². The summed E-state index contributed by atoms with van der Waals surface area (Å²) in [5.41, 5.74) is 8.38. The highest BCUT2D eigenvalue weighted by atomic mass is 16.2. The minimum absolute atomic E-state index is 0.0564. The van der Waals surface area contributed by atoms with Gasteiger partial charge < -0.3 is 0 Å². The summed E-state index contributed by atoms with van der Waals surface area (Å²) in [6.45, 7) is 7.70. The maximum atomic E-state index is 13.6. The van der Waals surface area contributed by atoms with Gasteiger partial charge in [0.25, 0.3) is 23.5 Å². The predicted octanol–water partition coefficient (Wildman–Crippen LogP) is 5.05. The monoisotopic (exact) mass is 666 g/mol. The number of imidazole rings is 2. The molecule has 0 bridgehead atoms. The van der Waals surface area contributed by atoms with Crippen LogP contribution in [0.3, 0.4) is 0 Å². The van der Waals surface area contributed by atoms with E-state index >= 15 is 0 Å². The van der Waals surface area contributed by atoms with E-state index in [1.54, 1.807) is 0 Å². The summed E-state index contributed by atoms with van der Waals surface area (Å²) in [6.07, 6.45) is 0. The summed E-state index contributed by atoms with van der Waals surface area (Å²) in [4.78, 5) is 56.3. The zero-order valence-corrected chi connectivity index (χ0v) is 29.0. The largest absolute Gasteiger partial charge is 0.291 e. The van der Waals surface area contributed by atoms with Gasteiger partial charge in [-0.3, -0.25) is 19.2 Å². The third-order valence-corrected chi connectivity index (χ3v) is 10.8. The van der Waals surface area contributed by atoms with E-state index in [1.807, 2.05) is 136 Å². The smallest absolute Gasteiger partial charge is 0.274 e. The van der Waals surface area contributed by atoms with Crippen molar-refractivity contribution in [2.24, 2.45) is 25.9 Å². The molecule has 50 heavy (non-hydrogen) atoms. The lowest BCUT2D eigenvalue weighted by Crippen LogP contribution is -2.35. The molecule has 2 unspecified atom stereocenters. The molecule has 4 heterocycles. The van der Waals surface area contributed by atoms with E-state index in [1.165, 1.54) is 9.80 Å². The van der Waals surface area contributed by atoms with E-state index < -0.39 is 0 Å². The van der Waals surface area contributed by atoms with Crippen molar-refractivity contribution in [1.29, 1.82) is 0 Å². The molecule has 4 amide bonds. The molecule has 2 aromatic heterocycles. The van der Waals surface area contributed by atoms with Gasteiger partial charge in [-0.2, -0.15) is 0 Å². The van der Waals surface area contributed by atoms with Crippen LogP contribution >= 0.6 is 0 Å². The lowest BCUT2D eigenvalue weighted by molar-refractivity contribution is -0.634. The van der Waals surface area contributed by atoms with Crippen LogP contribution < -0.4 is 9.13 Å². The Balaban J connectivity index is 1.21. The standard InChI is InChI=1S/C40H38N6O4/c1-23-19-29-30(20-24(23)2)40(50)46(39(29)49)22-44-34-14-10-8-12-32(34)42(6)36(44)28-17-15-27(16-18-28)35-41(5)31-11-7-9-13-33(31)43(35)21-45-37(47)25(3)26(4)38(45)48/h7-20,25-26H,21-22H2,1-6H3/q+2. The van der Waals surface area contributed by atoms with Crippen molar-refractivity contribution in [2.75, 3.05) is 0 Å². The molecule has 0 aliphatic carbocycles. The number of amides is 4. The Morgan fingerprint density at radius 1 is 0.560 bits per heavy atom. The molecule has 1 saturated heterocycles. The molecule has 6 aromatic rings. The lowest BCUT2D eigenvalue weighted by atomic mass is 10.00. The third kappa shape index (κ3) is 4.47. The van der Waals surface area contributed by atoms with E-state index in [0.717, 1.165) is 56.0 Å². The number of hydrogen-bond donors (Lipinski definition) is 0. The normalized spacial score (nSPS) is 17.6. The quantitative estimate of drug-likeness (QED) is 0.184. The Morgan fingerprint density at radius 3 is 1.36 bits per heavy atom. The third-order valence-electron chi connectivity index (χ3n) is 10.8. The average molecular weight is 667 g/mol. The SMILES string of the molecule is Cc1cc2c(cc1C)C(=O)N(Cn1c(-c3ccc(-c4n(CN5C(=O)C(C)C(C)C5=O)c5ccccc5[n+]4C)cc3)[n+](C)c3ccccc31)C2=O. The van der Waals surface area contributed by atoms with Crippen LogP contribution in [0.2, 0.25) is 0 Å². The highest BCUT2D eigenvalue weighted by Gasteiger charge is 2.44. The van der Waals surface area contributed by atoms with Crippen molar-refractivity contribution in [2.45, 2.75) is 41.0 Å². The Hall–Kier alpha value is -5.90. The van der Waals surface area contributed by atoms with Gasteiger partial charge in [0.05, 0.1) is 36.3 Å². The number of benzene rings is 4. The van der Waals surface area contributed by atoms with Crippen LogP contribution in [-0.2, 0) is 37.0 Å². The molecular weight excluding hydrogens is 628 g/mol. The summed E-state index contributed by atoms with van der Waals surface area (Å²) in [7, 11) is 3.98. The van der Waals surface area contributed by atoms with Crippen LogP contribution in [0.15, 0.2) is 84.9 Å². The van der Waals surface area contributed by atoms with Gasteiger partial charge in [0.2, 0.25) is 11.8 Å². The number of hydrogen-bond acceptors (Lipinski definition) is 4. The minimum Gasteiger partial charge on any atom is -0.274 e. The highest BCUT2D eigenvalue weighted by molar-refractivity contribution is 6.21. The first-order valence-corrected chi connectivity index (χ1v) is 16.9. The first-order chi connectivity index (χ1) is 24.0. The van der Waals surface area contributed by atoms with E-state index in [2.05, 4.69) is 9.13 Å². The predicted molar refractivity (Wildman–Crippen MR) is 187 cm³/mol. The number of fused-ring (bicyclic) bond motifs is 3. The molecule has 0 spiro atoms. The molecule has 8 rings (SSSR count). The molecule has 2 atom stereocenters. The maximum Gasteiger partial charge on any atom is 0.291 e. The molecule has 0 N–H and O–H groups in total. The van der Waals surface area contributed by atoms with Crippen LogP contribution in [-0.4, -0.2) is 42.6 Å². The summed E-state index contributed by atoms with van der Waals surface area (Å²) in [5.74, 6) is 0.0576. The van der Waals surface area contributed by atoms with Crippen molar-refractivity contribution in [3.63, 3.8) is 0 Å². The molecule has 0 radical (unpaired) electrons. The zero-order chi connectivity index (χ0) is 35.2. The number of para-hydroxylation sites is 4. The van der Waals surface area contributed by atoms with Gasteiger partial charge in [-0.1, -0.05) is 38.1 Å². The van der Waals surface area contributed by atoms with Gasteiger partial charge in [-0.25, -0.2) is 28.1 Å². The lowest BCUT2D eigenvalue weighted by Gasteiger charge is -2.14. The van der Waals surface area contributed by atoms with Crippen LogP contribution in [0.4, 0.5) is 0 Å². The van der Waals surface area contributed by atoms with Crippen molar-refractivity contribution in [3.8, 4) is 22.8 Å². The average Bonchev–Trinajstić information content (AvgIpc) is 3.71. The zero-order valence-electron chi connectivity index (χ0n) is 29.0. The Labute approximate surface area is 289 Å². The van der Waals surface area contributed by atoms with Crippen LogP contribution in [0, 0.1) is 25.7 Å². The molecule has 0 saturated carbocycles. The summed E-state index contributed by atoms with van der Waals surface area (Å²) < 4.78 is 8.23. The molecule has 2 aliphatic heterocycles. The number of nitrogens with zero attached hydrogens (tertiary/aromatic N) is 6. The second kappa shape index (κ2) is 11.3. The maximum absolute atomic E-state index is 13.6. The second-order valence-corrected chi connectivity index (χ2v) is 13.7. The number of aryl methyl sites for hydroxylation is 4. The van der Waals surface area contributed by atoms with Crippen LogP contribution in [0.25, 0.3) is 44.8 Å². The molecule has 250 valence electrons. The van der Waals surface area contributed by atoms with Gasteiger partial charge in [-0.05, 0) is 85.6 Å². The topological polar surface area (TPSA) is 92.4 Å². The number of likely N-dealkylation sites (tertiary alicyclic amines) is 1. The first kappa shape index (κ1) is 31.4. The van der Waals surface area contributed by atoms with Crippen molar-refractivity contribution < 1.29 is 28.3 Å². The summed E-state index contributed by atoms with van der Waals surface area (Å²) in [5, 5.41) is 0. The fraction of sp³-hybridized carbons (Fsp3) is 0.250. The highest BCUT2D eigenvalue weighted by Crippen LogP contribution is 2.32. The molecule has 10 heteroatoms. The van der Waals surface area contributed by atoms with E-state index in [9.17, 15) is 19.2 Å². The number of rotatable bonds is 6. The summed E-state index contributed by atoms with van der Waals surface area (Å²) in [6, 6.07) is 27.7. The van der Waals surface area contributed by atoms with Gasteiger partial charge in [0.15, 0.2) is 35.4 Å². The fourth-order valence-corrected chi connectivity index (χ4v) is 7.66. The molecule has 2 aliphatic rings. The molecular formula is C40H38N6O4+2. The molecule has 1 fully saturated rings. The Kier molecular flexibility index (Phi) is 7.11. The molecule has 10 nitrogen and oxygen atoms in total. The van der Waals surface area contributed by atoms with E-state index in [0.29, 0.717) is 11.1 Å². The van der Waals surface area contributed by atoms with Gasteiger partial charge in [0, 0.05) is 11.8 Å². The number of carbonyl (C=O) groups is 4. The number of imide groups is 2. The van der Waals surface area contributed by atoms with Crippen molar-refractivity contribution >= 4 is 45.7 Å². The fourth-order valence-electron chi connectivity index (χ4n) is 7.66. The Bertz CT molecular complexity index is 2390. The van der Waals surface area contributed by atoms with Gasteiger partial charge in [-0.15, -0.1) is 0 Å². The second-order valence-electron chi connectivity index (χ2n) is 13.7. The number of carbonyl (C=O) groups excluding carboxylic acids is 4. The van der Waals surface area contributed by atoms with E-state index in [-0.39, 0.29) is 48.8 Å². The van der Waals surface area contributed by atoms with Gasteiger partial charge >= 0.3 is 0 Å². The van der Waals surface area contributed by atoms with E-state index in [4.69, 9.17) is 0 Å². The van der Waals surface area contributed by atoms with Gasteiger partial charge in [0.1, 0.15) is 0 Å². The molecule has 4 aromatic carbocycles. The van der Waals surface area contributed by atoms with Crippen molar-refractivity contribution in [3.05, 3.63) is 107 Å². The number of aromatic nitrogens is 4. The minimum atomic E-state index is -0.359. The first-order valence-electron chi connectivity index (χ1n) is 16.9. The van der Waals surface area contributed by atoms with Crippen LogP contribution in [0.1, 0.15) is 45.7 Å². The van der Waals surface area contributed by atoms with Crippen LogP contribution in [0.5, 0.6) is 0 Å².